The molecule has 2 aromatic rings. The van der Waals surface area contributed by atoms with E-state index in [4.69, 9.17) is 4.74 Å². The summed E-state index contributed by atoms with van der Waals surface area (Å²) in [7, 11) is 1.54. The van der Waals surface area contributed by atoms with Crippen LogP contribution < -0.4 is 16.0 Å². The molecule has 2 fully saturated rings. The number of amides is 2. The normalized spacial score (nSPS) is 18.8. The lowest BCUT2D eigenvalue weighted by Gasteiger charge is -2.53. The Morgan fingerprint density at radius 1 is 1.15 bits per heavy atom. The third kappa shape index (κ3) is 5.82. The van der Waals surface area contributed by atoms with E-state index in [0.717, 1.165) is 11.6 Å². The summed E-state index contributed by atoms with van der Waals surface area (Å²) in [5.41, 5.74) is 1.14. The predicted octanol–water partition coefficient (Wildman–Crippen LogP) is 3.34. The van der Waals surface area contributed by atoms with Crippen molar-refractivity contribution in [3.63, 3.8) is 0 Å². The minimum atomic E-state index is -4.72. The van der Waals surface area contributed by atoms with Gasteiger partial charge in [0.15, 0.2) is 0 Å². The van der Waals surface area contributed by atoms with Crippen LogP contribution in [0.2, 0.25) is 0 Å². The Labute approximate surface area is 234 Å². The summed E-state index contributed by atoms with van der Waals surface area (Å²) in [5, 5.41) is 8.27. The van der Waals surface area contributed by atoms with Crippen molar-refractivity contribution in [1.82, 2.24) is 24.7 Å². The Hall–Kier alpha value is -4.59. The van der Waals surface area contributed by atoms with E-state index in [1.54, 1.807) is 25.1 Å². The molecular formula is C27H29F3N8O3. The number of nitrogens with one attached hydrogen (secondary N) is 3. The molecule has 1 unspecified atom stereocenters. The maximum atomic E-state index is 13.8. The van der Waals surface area contributed by atoms with E-state index in [2.05, 4.69) is 42.3 Å². The van der Waals surface area contributed by atoms with Gasteiger partial charge in [0.2, 0.25) is 17.8 Å². The molecule has 4 aliphatic rings. The minimum absolute atomic E-state index is 0.00998. The highest BCUT2D eigenvalue weighted by atomic mass is 19.4. The van der Waals surface area contributed by atoms with E-state index < -0.39 is 23.5 Å². The molecular weight excluding hydrogens is 541 g/mol. The van der Waals surface area contributed by atoms with Gasteiger partial charge in [0, 0.05) is 69.0 Å². The van der Waals surface area contributed by atoms with E-state index >= 15 is 0 Å². The maximum Gasteiger partial charge on any atom is 0.421 e. The number of anilines is 4. The zero-order chi connectivity index (χ0) is 29.3. The minimum Gasteiger partial charge on any atom is -0.494 e. The van der Waals surface area contributed by atoms with Gasteiger partial charge in [-0.2, -0.15) is 18.2 Å². The molecule has 2 amide bonds. The standard InChI is InChI=1S/C27H29F3N8O3/c1-4-22(40)32-17-6-5-7-18(12-17)33-24-20(27(28,29)30)13-31-26(35-24)34-21-15-38-14-19(23(21)41-3)25(38)37-10-8-36(9-11-37)16(2)39/h4-7,12-13,15,25H,1,8-11,14H2,2-3H3,(H,32,40)(H2,31,33,34,35). The van der Waals surface area contributed by atoms with Crippen LogP contribution in [-0.2, 0) is 20.5 Å². The summed E-state index contributed by atoms with van der Waals surface area (Å²) < 4.78 is 47.2. The van der Waals surface area contributed by atoms with Crippen LogP contribution >= 0.6 is 0 Å². The Morgan fingerprint density at radius 3 is 2.54 bits per heavy atom. The van der Waals surface area contributed by atoms with Gasteiger partial charge in [-0.25, -0.2) is 4.98 Å². The highest BCUT2D eigenvalue weighted by Gasteiger charge is 2.44. The van der Waals surface area contributed by atoms with Crippen molar-refractivity contribution in [2.45, 2.75) is 19.3 Å². The Morgan fingerprint density at radius 2 is 1.88 bits per heavy atom. The molecule has 0 saturated carbocycles. The maximum absolute atomic E-state index is 13.8. The van der Waals surface area contributed by atoms with Crippen LogP contribution in [0.15, 0.2) is 66.3 Å². The quantitative estimate of drug-likeness (QED) is 0.411. The van der Waals surface area contributed by atoms with Crippen LogP contribution in [0, 0.1) is 0 Å². The highest BCUT2D eigenvalue weighted by molar-refractivity contribution is 5.99. The monoisotopic (exact) mass is 570 g/mol. The molecule has 1 aromatic carbocycles. The number of aromatic nitrogens is 2. The SMILES string of the molecule is C=CC(=O)Nc1cccc(Nc2nc(NC3=CN4CC(=C3OC)C4N3CCN(C(C)=O)CC3)ncc2C(F)(F)F)c1. The van der Waals surface area contributed by atoms with Crippen molar-refractivity contribution in [3.8, 4) is 0 Å². The molecule has 11 nitrogen and oxygen atoms in total. The molecule has 41 heavy (non-hydrogen) atoms. The highest BCUT2D eigenvalue weighted by Crippen LogP contribution is 2.40. The van der Waals surface area contributed by atoms with Crippen molar-refractivity contribution < 1.29 is 27.5 Å². The third-order valence-electron chi connectivity index (χ3n) is 7.04. The first kappa shape index (κ1) is 28.0. The molecule has 1 atom stereocenters. The van der Waals surface area contributed by atoms with Gasteiger partial charge in [-0.1, -0.05) is 12.6 Å². The summed E-state index contributed by atoms with van der Waals surface area (Å²) in [6.07, 6.45) is -1.09. The van der Waals surface area contributed by atoms with Crippen molar-refractivity contribution >= 4 is 35.0 Å². The lowest BCUT2D eigenvalue weighted by Crippen LogP contribution is -2.63. The number of ether oxygens (including phenoxy) is 1. The molecule has 5 heterocycles. The van der Waals surface area contributed by atoms with E-state index in [0.29, 0.717) is 56.1 Å². The smallest absolute Gasteiger partial charge is 0.421 e. The first-order valence-electron chi connectivity index (χ1n) is 12.8. The first-order valence-corrected chi connectivity index (χ1v) is 12.8. The van der Waals surface area contributed by atoms with Gasteiger partial charge >= 0.3 is 6.18 Å². The summed E-state index contributed by atoms with van der Waals surface area (Å²) in [5.74, 6) is -0.344. The number of nitrogens with zero attached hydrogens (tertiary/aromatic N) is 5. The van der Waals surface area contributed by atoms with Crippen LogP contribution in [-0.4, -0.2) is 82.5 Å². The van der Waals surface area contributed by atoms with Gasteiger partial charge in [-0.15, -0.1) is 0 Å². The number of hydrogen-bond donors (Lipinski definition) is 3. The molecule has 3 N–H and O–H groups in total. The Kier molecular flexibility index (Phi) is 7.58. The second-order valence-corrected chi connectivity index (χ2v) is 9.67. The number of hydrogen-bond acceptors (Lipinski definition) is 9. The molecule has 6 rings (SSSR count). The number of alkyl halides is 3. The molecule has 1 aromatic heterocycles. The number of carbonyl (C=O) groups excluding carboxylic acids is 2. The van der Waals surface area contributed by atoms with E-state index in [1.807, 2.05) is 11.1 Å². The number of carbonyl (C=O) groups is 2. The van der Waals surface area contributed by atoms with Gasteiger partial charge in [-0.3, -0.25) is 14.5 Å². The molecule has 0 aliphatic carbocycles. The largest absolute Gasteiger partial charge is 0.494 e. The lowest BCUT2D eigenvalue weighted by atomic mass is 9.94. The van der Waals surface area contributed by atoms with Crippen LogP contribution in [0.4, 0.5) is 36.3 Å². The molecule has 0 radical (unpaired) electrons. The number of benzene rings is 1. The van der Waals surface area contributed by atoms with Gasteiger partial charge in [0.05, 0.1) is 12.8 Å². The van der Waals surface area contributed by atoms with Crippen LogP contribution in [0.1, 0.15) is 12.5 Å². The zero-order valence-corrected chi connectivity index (χ0v) is 22.5. The zero-order valence-electron chi connectivity index (χ0n) is 22.5. The average molecular weight is 571 g/mol. The summed E-state index contributed by atoms with van der Waals surface area (Å²) in [6.45, 7) is 8.32. The number of piperazine rings is 1. The summed E-state index contributed by atoms with van der Waals surface area (Å²) in [4.78, 5) is 37.5. The summed E-state index contributed by atoms with van der Waals surface area (Å²) >= 11 is 0. The van der Waals surface area contributed by atoms with E-state index in [9.17, 15) is 22.8 Å². The molecule has 14 heteroatoms. The average Bonchev–Trinajstić information content (AvgIpc) is 2.92. The van der Waals surface area contributed by atoms with E-state index in [-0.39, 0.29) is 23.7 Å². The Balaban J connectivity index is 1.36. The van der Waals surface area contributed by atoms with Gasteiger partial charge in [0.25, 0.3) is 0 Å². The fourth-order valence-corrected chi connectivity index (χ4v) is 5.07. The van der Waals surface area contributed by atoms with Gasteiger partial charge in [0.1, 0.15) is 23.3 Å². The first-order chi connectivity index (χ1) is 19.6. The van der Waals surface area contributed by atoms with Crippen molar-refractivity contribution in [1.29, 1.82) is 0 Å². The van der Waals surface area contributed by atoms with Crippen molar-refractivity contribution in [2.75, 3.05) is 55.8 Å². The van der Waals surface area contributed by atoms with Crippen molar-refractivity contribution in [2.24, 2.45) is 0 Å². The van der Waals surface area contributed by atoms with Crippen LogP contribution in [0.25, 0.3) is 0 Å². The lowest BCUT2D eigenvalue weighted by molar-refractivity contribution is -0.137. The predicted molar refractivity (Wildman–Crippen MR) is 146 cm³/mol. The third-order valence-corrected chi connectivity index (χ3v) is 7.04. The number of rotatable bonds is 8. The topological polar surface area (TPSA) is 115 Å². The fraction of sp³-hybridized carbons (Fsp3) is 0.333. The number of halogens is 3. The van der Waals surface area contributed by atoms with Crippen LogP contribution in [0.3, 0.4) is 0 Å². The second-order valence-electron chi connectivity index (χ2n) is 9.67. The molecule has 216 valence electrons. The van der Waals surface area contributed by atoms with E-state index in [1.165, 1.54) is 13.2 Å². The van der Waals surface area contributed by atoms with Crippen molar-refractivity contribution in [3.05, 3.63) is 71.9 Å². The second kappa shape index (κ2) is 11.1. The molecule has 4 aliphatic heterocycles. The van der Waals surface area contributed by atoms with Crippen LogP contribution in [0.5, 0.6) is 0 Å². The van der Waals surface area contributed by atoms with Gasteiger partial charge < -0.3 is 30.5 Å². The molecule has 0 spiro atoms. The Bertz CT molecular complexity index is 1430. The number of fused-ring (bicyclic) bond motifs is 1. The molecule has 2 bridgehead atoms. The van der Waals surface area contributed by atoms with Gasteiger partial charge in [-0.05, 0) is 24.3 Å². The summed E-state index contributed by atoms with van der Waals surface area (Å²) in [6, 6.07) is 6.20. The molecule has 2 saturated heterocycles. The fourth-order valence-electron chi connectivity index (χ4n) is 5.07. The number of methoxy groups -OCH3 is 1.